The Morgan fingerprint density at radius 3 is 2.06 bits per heavy atom. The van der Waals surface area contributed by atoms with Crippen LogP contribution in [0.5, 0.6) is 0 Å². The standard InChI is InChI=1S/C27H30N4O3/c1-27(2,3)26(34)30-22-13-9-12-21(17-22)29-24(32)18-28-20-11-8-10-19(16-20)25(33)31(4)23-14-6-5-7-15-23/h5-17,28H,18H2,1-4H3,(H,29,32)(H,30,34). The summed E-state index contributed by atoms with van der Waals surface area (Å²) in [7, 11) is 1.73. The third kappa shape index (κ3) is 6.68. The van der Waals surface area contributed by atoms with Crippen molar-refractivity contribution in [1.29, 1.82) is 0 Å². The fourth-order valence-corrected chi connectivity index (χ4v) is 3.11. The van der Waals surface area contributed by atoms with E-state index in [9.17, 15) is 14.4 Å². The molecule has 0 aromatic heterocycles. The van der Waals surface area contributed by atoms with E-state index >= 15 is 0 Å². The average Bonchev–Trinajstić information content (AvgIpc) is 2.82. The molecule has 0 fully saturated rings. The molecule has 0 radical (unpaired) electrons. The molecule has 3 rings (SSSR count). The molecule has 176 valence electrons. The number of rotatable bonds is 7. The van der Waals surface area contributed by atoms with Gasteiger partial charge in [0, 0.05) is 40.8 Å². The molecule has 3 amide bonds. The maximum atomic E-state index is 12.8. The molecule has 0 atom stereocenters. The van der Waals surface area contributed by atoms with Gasteiger partial charge in [-0.25, -0.2) is 0 Å². The van der Waals surface area contributed by atoms with Crippen LogP contribution in [0.3, 0.4) is 0 Å². The quantitative estimate of drug-likeness (QED) is 0.465. The zero-order valence-corrected chi connectivity index (χ0v) is 19.9. The van der Waals surface area contributed by atoms with Crippen LogP contribution < -0.4 is 20.9 Å². The monoisotopic (exact) mass is 458 g/mol. The van der Waals surface area contributed by atoms with Gasteiger partial charge in [-0.3, -0.25) is 14.4 Å². The Kier molecular flexibility index (Phi) is 7.68. The molecule has 0 bridgehead atoms. The largest absolute Gasteiger partial charge is 0.376 e. The van der Waals surface area contributed by atoms with Gasteiger partial charge in [0.25, 0.3) is 5.91 Å². The molecule has 0 aliphatic carbocycles. The van der Waals surface area contributed by atoms with E-state index in [1.54, 1.807) is 60.5 Å². The molecule has 34 heavy (non-hydrogen) atoms. The van der Waals surface area contributed by atoms with Crippen molar-refractivity contribution in [3.63, 3.8) is 0 Å². The van der Waals surface area contributed by atoms with Crippen molar-refractivity contribution < 1.29 is 14.4 Å². The number of carbonyl (C=O) groups is 3. The molecule has 3 aromatic carbocycles. The van der Waals surface area contributed by atoms with E-state index < -0.39 is 5.41 Å². The summed E-state index contributed by atoms with van der Waals surface area (Å²) in [5.41, 5.74) is 2.64. The zero-order chi connectivity index (χ0) is 24.7. The van der Waals surface area contributed by atoms with Crippen LogP contribution in [0.2, 0.25) is 0 Å². The Hall–Kier alpha value is -4.13. The summed E-state index contributed by atoms with van der Waals surface area (Å²) in [5.74, 6) is -0.504. The summed E-state index contributed by atoms with van der Waals surface area (Å²) in [6.45, 7) is 5.52. The highest BCUT2D eigenvalue weighted by Gasteiger charge is 2.21. The molecule has 3 aromatic rings. The molecule has 0 aliphatic rings. The van der Waals surface area contributed by atoms with Crippen molar-refractivity contribution in [2.75, 3.05) is 34.4 Å². The van der Waals surface area contributed by atoms with E-state index in [0.29, 0.717) is 22.6 Å². The molecule has 0 heterocycles. The van der Waals surface area contributed by atoms with Crippen molar-refractivity contribution in [3.05, 3.63) is 84.4 Å². The Morgan fingerprint density at radius 1 is 0.765 bits per heavy atom. The number of benzene rings is 3. The molecular formula is C27H30N4O3. The molecule has 0 saturated carbocycles. The van der Waals surface area contributed by atoms with E-state index in [4.69, 9.17) is 0 Å². The number of hydrogen-bond donors (Lipinski definition) is 3. The van der Waals surface area contributed by atoms with E-state index in [-0.39, 0.29) is 24.3 Å². The zero-order valence-electron chi connectivity index (χ0n) is 19.9. The minimum atomic E-state index is -0.519. The van der Waals surface area contributed by atoms with Crippen LogP contribution in [0.1, 0.15) is 31.1 Å². The number of hydrogen-bond acceptors (Lipinski definition) is 4. The van der Waals surface area contributed by atoms with Gasteiger partial charge >= 0.3 is 0 Å². The Morgan fingerprint density at radius 2 is 1.38 bits per heavy atom. The van der Waals surface area contributed by atoms with Gasteiger partial charge in [0.05, 0.1) is 6.54 Å². The number of nitrogens with one attached hydrogen (secondary N) is 3. The van der Waals surface area contributed by atoms with Crippen LogP contribution in [0, 0.1) is 5.41 Å². The lowest BCUT2D eigenvalue weighted by Crippen LogP contribution is -2.27. The number of anilines is 4. The van der Waals surface area contributed by atoms with Gasteiger partial charge in [0.2, 0.25) is 11.8 Å². The SMILES string of the molecule is CN(C(=O)c1cccc(NCC(=O)Nc2cccc(NC(=O)C(C)(C)C)c2)c1)c1ccccc1. The van der Waals surface area contributed by atoms with Crippen LogP contribution in [0.4, 0.5) is 22.7 Å². The van der Waals surface area contributed by atoms with Gasteiger partial charge in [-0.1, -0.05) is 51.1 Å². The summed E-state index contributed by atoms with van der Waals surface area (Å²) in [5, 5.41) is 8.72. The maximum Gasteiger partial charge on any atom is 0.258 e. The average molecular weight is 459 g/mol. The normalized spacial score (nSPS) is 10.8. The van der Waals surface area contributed by atoms with Gasteiger partial charge in [0.15, 0.2) is 0 Å². The van der Waals surface area contributed by atoms with Crippen molar-refractivity contribution in [2.24, 2.45) is 5.41 Å². The van der Waals surface area contributed by atoms with Crippen molar-refractivity contribution in [3.8, 4) is 0 Å². The van der Waals surface area contributed by atoms with Gasteiger partial charge in [-0.05, 0) is 48.5 Å². The smallest absolute Gasteiger partial charge is 0.258 e. The van der Waals surface area contributed by atoms with Gasteiger partial charge in [-0.15, -0.1) is 0 Å². The first-order chi connectivity index (χ1) is 16.1. The topological polar surface area (TPSA) is 90.5 Å². The first-order valence-electron chi connectivity index (χ1n) is 11.0. The molecule has 0 saturated heterocycles. The van der Waals surface area contributed by atoms with Crippen molar-refractivity contribution in [1.82, 2.24) is 0 Å². The third-order valence-corrected chi connectivity index (χ3v) is 5.10. The highest BCUT2D eigenvalue weighted by Crippen LogP contribution is 2.20. The van der Waals surface area contributed by atoms with Crippen LogP contribution >= 0.6 is 0 Å². The molecular weight excluding hydrogens is 428 g/mol. The first-order valence-corrected chi connectivity index (χ1v) is 11.0. The third-order valence-electron chi connectivity index (χ3n) is 5.10. The number of para-hydroxylation sites is 1. The highest BCUT2D eigenvalue weighted by atomic mass is 16.2. The van der Waals surface area contributed by atoms with Gasteiger partial charge in [-0.2, -0.15) is 0 Å². The fraction of sp³-hybridized carbons (Fsp3) is 0.222. The first kappa shape index (κ1) is 24.5. The summed E-state index contributed by atoms with van der Waals surface area (Å²) in [6.07, 6.45) is 0. The fourth-order valence-electron chi connectivity index (χ4n) is 3.11. The Balaban J connectivity index is 1.58. The van der Waals surface area contributed by atoms with E-state index in [0.717, 1.165) is 5.69 Å². The number of amides is 3. The maximum absolute atomic E-state index is 12.8. The van der Waals surface area contributed by atoms with E-state index in [2.05, 4.69) is 16.0 Å². The Bertz CT molecular complexity index is 1170. The van der Waals surface area contributed by atoms with Crippen LogP contribution in [-0.4, -0.2) is 31.3 Å². The van der Waals surface area contributed by atoms with Crippen LogP contribution in [0.25, 0.3) is 0 Å². The predicted molar refractivity (Wildman–Crippen MR) is 137 cm³/mol. The van der Waals surface area contributed by atoms with Crippen molar-refractivity contribution >= 4 is 40.5 Å². The number of carbonyl (C=O) groups excluding carboxylic acids is 3. The second-order valence-electron chi connectivity index (χ2n) is 8.97. The second-order valence-corrected chi connectivity index (χ2v) is 8.97. The summed E-state index contributed by atoms with van der Waals surface area (Å²) in [6, 6.07) is 23.4. The second kappa shape index (κ2) is 10.7. The summed E-state index contributed by atoms with van der Waals surface area (Å²) in [4.78, 5) is 39.1. The lowest BCUT2D eigenvalue weighted by atomic mass is 9.95. The number of nitrogens with zero attached hydrogens (tertiary/aromatic N) is 1. The molecule has 0 aliphatic heterocycles. The minimum absolute atomic E-state index is 0.0186. The highest BCUT2D eigenvalue weighted by molar-refractivity contribution is 6.06. The summed E-state index contributed by atoms with van der Waals surface area (Å²) >= 11 is 0. The summed E-state index contributed by atoms with van der Waals surface area (Å²) < 4.78 is 0. The van der Waals surface area contributed by atoms with Crippen molar-refractivity contribution in [2.45, 2.75) is 20.8 Å². The molecule has 7 nitrogen and oxygen atoms in total. The molecule has 0 unspecified atom stereocenters. The molecule has 0 spiro atoms. The Labute approximate surface area is 200 Å². The van der Waals surface area contributed by atoms with Crippen LogP contribution in [0.15, 0.2) is 78.9 Å². The van der Waals surface area contributed by atoms with E-state index in [1.807, 2.05) is 51.1 Å². The minimum Gasteiger partial charge on any atom is -0.376 e. The van der Waals surface area contributed by atoms with Gasteiger partial charge in [0.1, 0.15) is 0 Å². The predicted octanol–water partition coefficient (Wildman–Crippen LogP) is 5.00. The molecule has 7 heteroatoms. The lowest BCUT2D eigenvalue weighted by Gasteiger charge is -2.18. The van der Waals surface area contributed by atoms with Crippen LogP contribution in [-0.2, 0) is 9.59 Å². The van der Waals surface area contributed by atoms with Gasteiger partial charge < -0.3 is 20.9 Å². The van der Waals surface area contributed by atoms with E-state index in [1.165, 1.54) is 0 Å². The molecule has 3 N–H and O–H groups in total. The lowest BCUT2D eigenvalue weighted by molar-refractivity contribution is -0.123.